The van der Waals surface area contributed by atoms with Gasteiger partial charge in [-0.15, -0.1) is 11.8 Å². The van der Waals surface area contributed by atoms with Crippen molar-refractivity contribution in [3.05, 3.63) is 60.2 Å². The van der Waals surface area contributed by atoms with E-state index in [0.29, 0.717) is 5.56 Å². The van der Waals surface area contributed by atoms with Crippen LogP contribution in [-0.4, -0.2) is 31.2 Å². The van der Waals surface area contributed by atoms with Crippen LogP contribution in [0.3, 0.4) is 0 Å². The second kappa shape index (κ2) is 8.39. The fourth-order valence-electron chi connectivity index (χ4n) is 2.03. The molecule has 0 N–H and O–H groups in total. The van der Waals surface area contributed by atoms with Crippen LogP contribution in [0.15, 0.2) is 59.5 Å². The van der Waals surface area contributed by atoms with E-state index < -0.39 is 11.2 Å². The minimum Gasteiger partial charge on any atom is -0.497 e. The summed E-state index contributed by atoms with van der Waals surface area (Å²) in [6, 6.07) is 16.3. The molecule has 0 aliphatic heterocycles. The van der Waals surface area contributed by atoms with Crippen LogP contribution in [-0.2, 0) is 9.53 Å². The number of hydrogen-bond acceptors (Lipinski definition) is 5. The Balaban J connectivity index is 2.10. The summed E-state index contributed by atoms with van der Waals surface area (Å²) in [5.41, 5.74) is 0.594. The first-order valence-corrected chi connectivity index (χ1v) is 7.99. The molecule has 2 aromatic carbocycles. The van der Waals surface area contributed by atoms with E-state index in [9.17, 15) is 9.59 Å². The van der Waals surface area contributed by atoms with Gasteiger partial charge in [-0.3, -0.25) is 9.59 Å². The number of esters is 1. The van der Waals surface area contributed by atoms with E-state index in [1.54, 1.807) is 31.4 Å². The fourth-order valence-corrected chi connectivity index (χ4v) is 3.08. The summed E-state index contributed by atoms with van der Waals surface area (Å²) in [5.74, 6) is 0.251. The molecule has 23 heavy (non-hydrogen) atoms. The molecular weight excluding hydrogens is 312 g/mol. The number of hydrogen-bond donors (Lipinski definition) is 0. The highest BCUT2D eigenvalue weighted by Gasteiger charge is 2.24. The monoisotopic (exact) mass is 330 g/mol. The number of thioether (sulfide) groups is 1. The molecule has 1 atom stereocenters. The summed E-state index contributed by atoms with van der Waals surface area (Å²) < 4.78 is 9.94. The Hall–Kier alpha value is -2.27. The van der Waals surface area contributed by atoms with Gasteiger partial charge in [0.05, 0.1) is 14.2 Å². The van der Waals surface area contributed by atoms with E-state index in [1.165, 1.54) is 18.9 Å². The highest BCUT2D eigenvalue weighted by Crippen LogP contribution is 2.29. The van der Waals surface area contributed by atoms with Crippen LogP contribution in [0.5, 0.6) is 5.75 Å². The lowest BCUT2D eigenvalue weighted by atomic mass is 10.1. The molecular formula is C18H18O4S. The highest BCUT2D eigenvalue weighted by molar-refractivity contribution is 8.00. The van der Waals surface area contributed by atoms with Crippen LogP contribution in [0.2, 0.25) is 0 Å². The first-order chi connectivity index (χ1) is 11.1. The van der Waals surface area contributed by atoms with Gasteiger partial charge < -0.3 is 9.47 Å². The number of carbonyl (C=O) groups is 2. The zero-order chi connectivity index (χ0) is 16.7. The van der Waals surface area contributed by atoms with Gasteiger partial charge >= 0.3 is 5.97 Å². The Bertz CT molecular complexity index is 652. The quantitative estimate of drug-likeness (QED) is 0.441. The summed E-state index contributed by atoms with van der Waals surface area (Å²) >= 11 is 1.31. The minimum absolute atomic E-state index is 0.0815. The van der Waals surface area contributed by atoms with Gasteiger partial charge in [-0.1, -0.05) is 30.3 Å². The number of methoxy groups -OCH3 is 2. The Kier molecular flexibility index (Phi) is 6.23. The highest BCUT2D eigenvalue weighted by atomic mass is 32.2. The summed E-state index contributed by atoms with van der Waals surface area (Å²) in [6.45, 7) is 0. The fraction of sp³-hybridized carbons (Fsp3) is 0.222. The van der Waals surface area contributed by atoms with Crippen LogP contribution in [0.4, 0.5) is 0 Å². The number of ether oxygens (including phenoxy) is 2. The van der Waals surface area contributed by atoms with Crippen molar-refractivity contribution in [2.75, 3.05) is 14.2 Å². The molecule has 0 aliphatic carbocycles. The SMILES string of the molecule is COC(=O)C(CC(=O)c1ccccc1)Sc1ccc(OC)cc1. The van der Waals surface area contributed by atoms with Gasteiger partial charge in [0.2, 0.25) is 0 Å². The molecule has 0 spiro atoms. The van der Waals surface area contributed by atoms with Gasteiger partial charge in [-0.2, -0.15) is 0 Å². The maximum Gasteiger partial charge on any atom is 0.319 e. The largest absolute Gasteiger partial charge is 0.497 e. The Labute approximate surface area is 139 Å². The first-order valence-electron chi connectivity index (χ1n) is 7.11. The van der Waals surface area contributed by atoms with Crippen molar-refractivity contribution in [2.24, 2.45) is 0 Å². The molecule has 2 rings (SSSR count). The lowest BCUT2D eigenvalue weighted by molar-refractivity contribution is -0.139. The third-order valence-electron chi connectivity index (χ3n) is 3.27. The molecule has 0 aromatic heterocycles. The Morgan fingerprint density at radius 2 is 1.65 bits per heavy atom. The zero-order valence-corrected chi connectivity index (χ0v) is 13.8. The van der Waals surface area contributed by atoms with Crippen LogP contribution >= 0.6 is 11.8 Å². The summed E-state index contributed by atoms with van der Waals surface area (Å²) in [5, 5.41) is -0.582. The molecule has 120 valence electrons. The van der Waals surface area contributed by atoms with E-state index >= 15 is 0 Å². The minimum atomic E-state index is -0.582. The number of Topliss-reactive ketones (excluding diaryl/α,β-unsaturated/α-hetero) is 1. The smallest absolute Gasteiger partial charge is 0.319 e. The van der Waals surface area contributed by atoms with Gasteiger partial charge in [0, 0.05) is 16.9 Å². The van der Waals surface area contributed by atoms with Crippen LogP contribution in [0.1, 0.15) is 16.8 Å². The topological polar surface area (TPSA) is 52.6 Å². The molecule has 0 heterocycles. The molecule has 0 amide bonds. The second-order valence-electron chi connectivity index (χ2n) is 4.80. The number of benzene rings is 2. The standard InChI is InChI=1S/C18H18O4S/c1-21-14-8-10-15(11-9-14)23-17(18(20)22-2)12-16(19)13-6-4-3-5-7-13/h3-11,17H,12H2,1-2H3. The van der Waals surface area contributed by atoms with Crippen molar-refractivity contribution in [2.45, 2.75) is 16.6 Å². The van der Waals surface area contributed by atoms with Gasteiger partial charge in [-0.05, 0) is 24.3 Å². The third kappa shape index (κ3) is 4.86. The van der Waals surface area contributed by atoms with Crippen LogP contribution in [0, 0.1) is 0 Å². The average molecular weight is 330 g/mol. The van der Waals surface area contributed by atoms with Crippen molar-refractivity contribution < 1.29 is 19.1 Å². The van der Waals surface area contributed by atoms with E-state index in [-0.39, 0.29) is 12.2 Å². The van der Waals surface area contributed by atoms with Crippen molar-refractivity contribution >= 4 is 23.5 Å². The van der Waals surface area contributed by atoms with E-state index in [4.69, 9.17) is 9.47 Å². The third-order valence-corrected chi connectivity index (χ3v) is 4.46. The lowest BCUT2D eigenvalue weighted by Crippen LogP contribution is -2.22. The predicted molar refractivity (Wildman–Crippen MR) is 90.0 cm³/mol. The van der Waals surface area contributed by atoms with Gasteiger partial charge in [0.25, 0.3) is 0 Å². The molecule has 1 unspecified atom stereocenters. The molecule has 2 aromatic rings. The molecule has 0 saturated carbocycles. The maximum atomic E-state index is 12.3. The number of ketones is 1. The van der Waals surface area contributed by atoms with E-state index in [2.05, 4.69) is 0 Å². The average Bonchev–Trinajstić information content (AvgIpc) is 2.61. The number of carbonyl (C=O) groups excluding carboxylic acids is 2. The summed E-state index contributed by atoms with van der Waals surface area (Å²) in [7, 11) is 2.93. The first kappa shape index (κ1) is 17.1. The van der Waals surface area contributed by atoms with Crippen molar-refractivity contribution in [1.29, 1.82) is 0 Å². The molecule has 0 aliphatic rings. The summed E-state index contributed by atoms with van der Waals surface area (Å²) in [4.78, 5) is 25.2. The normalized spacial score (nSPS) is 11.6. The Morgan fingerprint density at radius 3 is 2.22 bits per heavy atom. The van der Waals surface area contributed by atoms with Gasteiger partial charge in [-0.25, -0.2) is 0 Å². The van der Waals surface area contributed by atoms with Crippen LogP contribution < -0.4 is 4.74 Å². The van der Waals surface area contributed by atoms with Crippen molar-refractivity contribution in [3.8, 4) is 5.75 Å². The molecule has 0 fully saturated rings. The van der Waals surface area contributed by atoms with Crippen molar-refractivity contribution in [1.82, 2.24) is 0 Å². The van der Waals surface area contributed by atoms with Gasteiger partial charge in [0.15, 0.2) is 5.78 Å². The molecule has 0 saturated heterocycles. The van der Waals surface area contributed by atoms with Crippen LogP contribution in [0.25, 0.3) is 0 Å². The van der Waals surface area contributed by atoms with E-state index in [1.807, 2.05) is 30.3 Å². The molecule has 0 bridgehead atoms. The zero-order valence-electron chi connectivity index (χ0n) is 13.0. The van der Waals surface area contributed by atoms with Crippen molar-refractivity contribution in [3.63, 3.8) is 0 Å². The Morgan fingerprint density at radius 1 is 1.00 bits per heavy atom. The lowest BCUT2D eigenvalue weighted by Gasteiger charge is -2.14. The predicted octanol–water partition coefficient (Wildman–Crippen LogP) is 3.60. The number of rotatable bonds is 7. The second-order valence-corrected chi connectivity index (χ2v) is 6.07. The van der Waals surface area contributed by atoms with E-state index in [0.717, 1.165) is 10.6 Å². The molecule has 5 heteroatoms. The maximum absolute atomic E-state index is 12.3. The van der Waals surface area contributed by atoms with Gasteiger partial charge in [0.1, 0.15) is 11.0 Å². The molecule has 4 nitrogen and oxygen atoms in total. The molecule has 0 radical (unpaired) electrons. The summed E-state index contributed by atoms with van der Waals surface area (Å²) in [6.07, 6.45) is 0.0907.